The van der Waals surface area contributed by atoms with E-state index in [1.807, 2.05) is 0 Å². The van der Waals surface area contributed by atoms with Gasteiger partial charge in [-0.3, -0.25) is 9.35 Å². The molecule has 0 radical (unpaired) electrons. The van der Waals surface area contributed by atoms with E-state index in [1.165, 1.54) is 6.92 Å². The van der Waals surface area contributed by atoms with Crippen LogP contribution in [0.3, 0.4) is 0 Å². The van der Waals surface area contributed by atoms with Gasteiger partial charge < -0.3 is 20.9 Å². The summed E-state index contributed by atoms with van der Waals surface area (Å²) in [6.45, 7) is 4.87. The zero-order valence-corrected chi connectivity index (χ0v) is 17.0. The normalized spacial score (nSPS) is 15.6. The van der Waals surface area contributed by atoms with Gasteiger partial charge in [0.1, 0.15) is 6.61 Å². The number of hydrogen-bond donors (Lipinski definition) is 4. The summed E-state index contributed by atoms with van der Waals surface area (Å²) in [6, 6.07) is 5.80. The average Bonchev–Trinajstić information content (AvgIpc) is 2.63. The molecule has 29 heavy (non-hydrogen) atoms. The van der Waals surface area contributed by atoms with Crippen molar-refractivity contribution in [2.75, 3.05) is 0 Å². The monoisotopic (exact) mass is 440 g/mol. The Kier molecular flexibility index (Phi) is 11.6. The van der Waals surface area contributed by atoms with Gasteiger partial charge in [0, 0.05) is 0 Å². The van der Waals surface area contributed by atoms with E-state index in [0.717, 1.165) is 0 Å². The number of alkyl carbamates (subject to hydrolysis) is 1. The number of benzene rings is 1. The Bertz CT molecular complexity index is 774. The van der Waals surface area contributed by atoms with Crippen molar-refractivity contribution >= 4 is 51.6 Å². The van der Waals surface area contributed by atoms with Crippen molar-refractivity contribution in [1.82, 2.24) is 5.32 Å². The first kappa shape index (κ1) is 28.0. The van der Waals surface area contributed by atoms with Gasteiger partial charge in [-0.2, -0.15) is 8.42 Å². The zero-order chi connectivity index (χ0) is 21.5. The summed E-state index contributed by atoms with van der Waals surface area (Å²) >= 11 is 0. The summed E-state index contributed by atoms with van der Waals surface area (Å²) in [7, 11) is -5.26. The Balaban J connectivity index is 0.00000784. The molecule has 0 fully saturated rings. The average molecular weight is 440 g/mol. The van der Waals surface area contributed by atoms with Crippen molar-refractivity contribution in [3.63, 3.8) is 0 Å². The number of hydrogen-bond acceptors (Lipinski definition) is 7. The summed E-state index contributed by atoms with van der Waals surface area (Å²) in [4.78, 5) is 21.7. The summed E-state index contributed by atoms with van der Waals surface area (Å²) in [5.41, 5.74) is 6.33. The molecule has 0 aliphatic rings. The summed E-state index contributed by atoms with van der Waals surface area (Å²) in [5, 5.41) is 12.8. The van der Waals surface area contributed by atoms with E-state index in [-0.39, 0.29) is 54.9 Å². The number of nitrogens with one attached hydrogen (secondary N) is 1. The van der Waals surface area contributed by atoms with Crippen LogP contribution >= 0.6 is 0 Å². The summed E-state index contributed by atoms with van der Waals surface area (Å²) in [5.74, 6) is -1.46. The molecule has 0 aliphatic heterocycles. The molecule has 3 atom stereocenters. The predicted octanol–water partition coefficient (Wildman–Crippen LogP) is 0.562. The third kappa shape index (κ3) is 7.63. The SMILES string of the molecule is CCC(N)C(O)(C(=O)[C@H](CC(C)C)NC(=O)OCc1ccccc1)S(=O)(=O)O.[NaH]. The van der Waals surface area contributed by atoms with Crippen LogP contribution in [-0.2, 0) is 26.3 Å². The molecule has 0 saturated carbocycles. The van der Waals surface area contributed by atoms with Crippen LogP contribution in [0.25, 0.3) is 0 Å². The van der Waals surface area contributed by atoms with E-state index in [9.17, 15) is 27.7 Å². The molecule has 1 rings (SSSR count). The number of amides is 1. The Morgan fingerprint density at radius 2 is 1.79 bits per heavy atom. The molecule has 1 aromatic carbocycles. The maximum absolute atomic E-state index is 12.8. The number of ether oxygens (including phenoxy) is 1. The first-order chi connectivity index (χ1) is 12.9. The van der Waals surface area contributed by atoms with Crippen molar-refractivity contribution < 1.29 is 32.4 Å². The third-order valence-corrected chi connectivity index (χ3v) is 5.51. The van der Waals surface area contributed by atoms with Crippen molar-refractivity contribution in [1.29, 1.82) is 0 Å². The van der Waals surface area contributed by atoms with E-state index < -0.39 is 39.0 Å². The number of Topliss-reactive ketones (excluding diaryl/α,β-unsaturated/α-hetero) is 1. The minimum absolute atomic E-state index is 0. The topological polar surface area (TPSA) is 156 Å². The Hall–Kier alpha value is -1.01. The van der Waals surface area contributed by atoms with Crippen molar-refractivity contribution in [3.05, 3.63) is 35.9 Å². The fraction of sp³-hybridized carbons (Fsp3) is 0.556. The molecular formula is C18H29N2NaO7S. The van der Waals surface area contributed by atoms with Crippen LogP contribution in [-0.4, -0.2) is 76.5 Å². The quantitative estimate of drug-likeness (QED) is 0.304. The Morgan fingerprint density at radius 3 is 2.24 bits per heavy atom. The van der Waals surface area contributed by atoms with E-state index in [0.29, 0.717) is 5.56 Å². The second kappa shape index (κ2) is 12.0. The van der Waals surface area contributed by atoms with E-state index in [4.69, 9.17) is 10.5 Å². The molecule has 9 nitrogen and oxygen atoms in total. The number of aliphatic hydroxyl groups is 1. The maximum atomic E-state index is 12.8. The predicted molar refractivity (Wildman–Crippen MR) is 110 cm³/mol. The molecule has 1 aromatic rings. The van der Waals surface area contributed by atoms with Gasteiger partial charge in [-0.15, -0.1) is 0 Å². The number of rotatable bonds is 10. The first-order valence-corrected chi connectivity index (χ1v) is 10.3. The Morgan fingerprint density at radius 1 is 1.24 bits per heavy atom. The van der Waals surface area contributed by atoms with Gasteiger partial charge >= 0.3 is 45.8 Å². The van der Waals surface area contributed by atoms with Gasteiger partial charge in [0.05, 0.1) is 12.1 Å². The fourth-order valence-electron chi connectivity index (χ4n) is 2.64. The van der Waals surface area contributed by atoms with Gasteiger partial charge in [-0.05, 0) is 24.3 Å². The van der Waals surface area contributed by atoms with Crippen LogP contribution in [0.5, 0.6) is 0 Å². The molecule has 160 valence electrons. The van der Waals surface area contributed by atoms with Crippen LogP contribution in [0.2, 0.25) is 0 Å². The molecule has 0 spiro atoms. The first-order valence-electron chi connectivity index (χ1n) is 8.89. The van der Waals surface area contributed by atoms with Gasteiger partial charge in [0.15, 0.2) is 0 Å². The van der Waals surface area contributed by atoms with Crippen LogP contribution in [0, 0.1) is 5.92 Å². The molecule has 0 aliphatic carbocycles. The van der Waals surface area contributed by atoms with E-state index in [1.54, 1.807) is 44.2 Å². The molecular weight excluding hydrogens is 411 g/mol. The molecule has 11 heteroatoms. The third-order valence-electron chi connectivity index (χ3n) is 4.22. The van der Waals surface area contributed by atoms with Gasteiger partial charge in [-0.25, -0.2) is 4.79 Å². The molecule has 1 amide bonds. The van der Waals surface area contributed by atoms with Crippen molar-refractivity contribution in [3.8, 4) is 0 Å². The Labute approximate surface area is 193 Å². The van der Waals surface area contributed by atoms with Gasteiger partial charge in [-0.1, -0.05) is 51.1 Å². The molecule has 0 heterocycles. The van der Waals surface area contributed by atoms with Crippen molar-refractivity contribution in [2.24, 2.45) is 11.7 Å². The van der Waals surface area contributed by atoms with Crippen LogP contribution < -0.4 is 11.1 Å². The number of ketones is 1. The molecule has 0 aromatic heterocycles. The van der Waals surface area contributed by atoms with Gasteiger partial charge in [0.2, 0.25) is 5.78 Å². The molecule has 0 bridgehead atoms. The summed E-state index contributed by atoms with van der Waals surface area (Å²) in [6.07, 6.45) is -1.06. The number of carbonyl (C=O) groups is 2. The standard InChI is InChI=1S/C18H28N2O7S.Na.H/c1-4-15(19)18(23,28(24,25)26)16(21)14(10-12(2)3)20-17(22)27-11-13-8-6-5-7-9-13;;/h5-9,12,14-15,23H,4,10-11,19H2,1-3H3,(H,20,22)(H,24,25,26);;/t14-,15?,18?;;/m0../s1. The number of carbonyl (C=O) groups excluding carboxylic acids is 2. The van der Waals surface area contributed by atoms with Crippen LogP contribution in [0.4, 0.5) is 4.79 Å². The second-order valence-electron chi connectivity index (χ2n) is 6.94. The van der Waals surface area contributed by atoms with E-state index in [2.05, 4.69) is 5.32 Å². The minimum atomic E-state index is -5.26. The van der Waals surface area contributed by atoms with Gasteiger partial charge in [0.25, 0.3) is 4.93 Å². The van der Waals surface area contributed by atoms with Crippen LogP contribution in [0.15, 0.2) is 30.3 Å². The van der Waals surface area contributed by atoms with Crippen LogP contribution in [0.1, 0.15) is 39.2 Å². The second-order valence-corrected chi connectivity index (χ2v) is 8.51. The zero-order valence-electron chi connectivity index (χ0n) is 16.2. The number of nitrogens with two attached hydrogens (primary N) is 1. The fourth-order valence-corrected chi connectivity index (χ4v) is 3.58. The molecule has 5 N–H and O–H groups in total. The summed E-state index contributed by atoms with van der Waals surface area (Å²) < 4.78 is 38.0. The van der Waals surface area contributed by atoms with E-state index >= 15 is 0 Å². The van der Waals surface area contributed by atoms with Crippen molar-refractivity contribution in [2.45, 2.75) is 57.2 Å². The molecule has 0 saturated heterocycles. The molecule has 2 unspecified atom stereocenters.